The zero-order valence-corrected chi connectivity index (χ0v) is 15.0. The Bertz CT molecular complexity index is 967. The van der Waals surface area contributed by atoms with Crippen molar-refractivity contribution in [1.82, 2.24) is 19.8 Å². The molecule has 2 heterocycles. The summed E-state index contributed by atoms with van der Waals surface area (Å²) in [7, 11) is 0. The van der Waals surface area contributed by atoms with Gasteiger partial charge in [-0.2, -0.15) is 9.61 Å². The predicted octanol–water partition coefficient (Wildman–Crippen LogP) is 4.85. The summed E-state index contributed by atoms with van der Waals surface area (Å²) < 4.78 is 2.90. The maximum atomic E-state index is 4.69. The van der Waals surface area contributed by atoms with E-state index in [1.54, 1.807) is 16.3 Å². The molecule has 0 N–H and O–H groups in total. The Hall–Kier alpha value is -2.18. The second-order valence-corrected chi connectivity index (χ2v) is 7.16. The maximum absolute atomic E-state index is 4.69. The van der Waals surface area contributed by atoms with Crippen molar-refractivity contribution < 1.29 is 0 Å². The third-order valence-corrected chi connectivity index (χ3v) is 5.09. The molecule has 0 bridgehead atoms. The van der Waals surface area contributed by atoms with Crippen LogP contribution in [0.2, 0.25) is 0 Å². The maximum Gasteiger partial charge on any atom is 0.185 e. The lowest BCUT2D eigenvalue weighted by atomic mass is 10.2. The fourth-order valence-electron chi connectivity index (χ4n) is 2.35. The number of benzene rings is 2. The highest BCUT2D eigenvalue weighted by molar-refractivity contribution is 9.10. The summed E-state index contributed by atoms with van der Waals surface area (Å²) in [4.78, 5) is 0. The average Bonchev–Trinajstić information content (AvgIpc) is 3.05. The number of halogens is 1. The number of thioether (sulfide) groups is 1. The van der Waals surface area contributed by atoms with Crippen LogP contribution in [-0.2, 0) is 5.75 Å². The van der Waals surface area contributed by atoms with Gasteiger partial charge in [-0.05, 0) is 29.8 Å². The number of aromatic nitrogens is 4. The molecule has 0 saturated carbocycles. The van der Waals surface area contributed by atoms with Gasteiger partial charge in [-0.25, -0.2) is 0 Å². The first-order valence-electron chi connectivity index (χ1n) is 7.45. The Labute approximate surface area is 152 Å². The first-order valence-corrected chi connectivity index (χ1v) is 9.22. The second-order valence-electron chi connectivity index (χ2n) is 5.25. The number of hydrogen-bond donors (Lipinski definition) is 0. The Kier molecular flexibility index (Phi) is 4.32. The zero-order chi connectivity index (χ0) is 16.4. The monoisotopic (exact) mass is 396 g/mol. The lowest BCUT2D eigenvalue weighted by Gasteiger charge is -2.04. The van der Waals surface area contributed by atoms with E-state index in [1.165, 1.54) is 5.56 Å². The molecule has 118 valence electrons. The molecule has 0 radical (unpaired) electrons. The summed E-state index contributed by atoms with van der Waals surface area (Å²) in [6.07, 6.45) is 0. The molecular weight excluding hydrogens is 384 g/mol. The summed E-state index contributed by atoms with van der Waals surface area (Å²) in [6.45, 7) is 0. The Morgan fingerprint density at radius 2 is 1.67 bits per heavy atom. The van der Waals surface area contributed by atoms with Gasteiger partial charge in [-0.3, -0.25) is 0 Å². The molecule has 0 spiro atoms. The van der Waals surface area contributed by atoms with Gasteiger partial charge in [0, 0.05) is 15.8 Å². The molecule has 0 aliphatic rings. The van der Waals surface area contributed by atoms with Crippen LogP contribution in [0.15, 0.2) is 76.2 Å². The van der Waals surface area contributed by atoms with Crippen molar-refractivity contribution in [3.63, 3.8) is 0 Å². The van der Waals surface area contributed by atoms with Crippen LogP contribution in [0.1, 0.15) is 5.56 Å². The highest BCUT2D eigenvalue weighted by Crippen LogP contribution is 2.24. The smallest absolute Gasteiger partial charge is 0.185 e. The van der Waals surface area contributed by atoms with Gasteiger partial charge in [0.05, 0.1) is 0 Å². The van der Waals surface area contributed by atoms with Gasteiger partial charge in [0.15, 0.2) is 11.5 Å². The van der Waals surface area contributed by atoms with E-state index in [-0.39, 0.29) is 0 Å². The molecule has 4 nitrogen and oxygen atoms in total. The Morgan fingerprint density at radius 3 is 2.46 bits per heavy atom. The third kappa shape index (κ3) is 3.20. The van der Waals surface area contributed by atoms with E-state index in [4.69, 9.17) is 0 Å². The predicted molar refractivity (Wildman–Crippen MR) is 99.9 cm³/mol. The lowest BCUT2D eigenvalue weighted by molar-refractivity contribution is 0.860. The van der Waals surface area contributed by atoms with Crippen molar-refractivity contribution in [3.8, 4) is 11.4 Å². The number of hydrogen-bond acceptors (Lipinski definition) is 4. The molecular formula is C18H13BrN4S. The molecule has 4 aromatic rings. The number of rotatable bonds is 4. The topological polar surface area (TPSA) is 43.1 Å². The van der Waals surface area contributed by atoms with Crippen LogP contribution >= 0.6 is 27.7 Å². The normalized spacial score (nSPS) is 11.0. The number of fused-ring (bicyclic) bond motifs is 1. The largest absolute Gasteiger partial charge is 0.192 e. The fourth-order valence-corrected chi connectivity index (χ4v) is 3.43. The molecule has 0 unspecified atom stereocenters. The standard InChI is InChI=1S/C18H13BrN4S/c19-15-8-6-13(7-9-15)12-24-17-11-10-16-20-21-18(23(16)22-17)14-4-2-1-3-5-14/h1-11H,12H2. The average molecular weight is 397 g/mol. The minimum absolute atomic E-state index is 0.752. The summed E-state index contributed by atoms with van der Waals surface area (Å²) >= 11 is 5.16. The van der Waals surface area contributed by atoms with E-state index in [0.717, 1.165) is 32.3 Å². The minimum atomic E-state index is 0.752. The molecule has 4 rings (SSSR count). The van der Waals surface area contributed by atoms with Crippen molar-refractivity contribution in [2.75, 3.05) is 0 Å². The highest BCUT2D eigenvalue weighted by Gasteiger charge is 2.09. The summed E-state index contributed by atoms with van der Waals surface area (Å²) in [6, 6.07) is 22.3. The quantitative estimate of drug-likeness (QED) is 0.462. The lowest BCUT2D eigenvalue weighted by Crippen LogP contribution is -1.96. The SMILES string of the molecule is Brc1ccc(CSc2ccc3nnc(-c4ccccc4)n3n2)cc1. The van der Waals surface area contributed by atoms with Crippen LogP contribution in [0.5, 0.6) is 0 Å². The van der Waals surface area contributed by atoms with Crippen molar-refractivity contribution in [2.24, 2.45) is 0 Å². The van der Waals surface area contributed by atoms with Gasteiger partial charge < -0.3 is 0 Å². The van der Waals surface area contributed by atoms with Gasteiger partial charge >= 0.3 is 0 Å². The summed E-state index contributed by atoms with van der Waals surface area (Å²) in [5.41, 5.74) is 3.02. The summed E-state index contributed by atoms with van der Waals surface area (Å²) in [5, 5.41) is 14.1. The molecule has 0 amide bonds. The molecule has 24 heavy (non-hydrogen) atoms. The molecule has 0 saturated heterocycles. The van der Waals surface area contributed by atoms with Crippen molar-refractivity contribution >= 4 is 33.3 Å². The fraction of sp³-hybridized carbons (Fsp3) is 0.0556. The summed E-state index contributed by atoms with van der Waals surface area (Å²) in [5.74, 6) is 1.63. The minimum Gasteiger partial charge on any atom is -0.192 e. The first-order chi connectivity index (χ1) is 11.8. The van der Waals surface area contributed by atoms with Crippen molar-refractivity contribution in [3.05, 3.63) is 76.8 Å². The van der Waals surface area contributed by atoms with Crippen LogP contribution in [0.25, 0.3) is 17.0 Å². The van der Waals surface area contributed by atoms with Crippen LogP contribution in [0, 0.1) is 0 Å². The zero-order valence-electron chi connectivity index (χ0n) is 12.6. The van der Waals surface area contributed by atoms with Gasteiger partial charge in [0.25, 0.3) is 0 Å². The van der Waals surface area contributed by atoms with Crippen LogP contribution in [0.4, 0.5) is 0 Å². The molecule has 0 aliphatic heterocycles. The van der Waals surface area contributed by atoms with E-state index < -0.39 is 0 Å². The van der Waals surface area contributed by atoms with E-state index in [9.17, 15) is 0 Å². The molecule has 0 atom stereocenters. The van der Waals surface area contributed by atoms with E-state index >= 15 is 0 Å². The van der Waals surface area contributed by atoms with Crippen molar-refractivity contribution in [2.45, 2.75) is 10.8 Å². The van der Waals surface area contributed by atoms with Gasteiger partial charge in [-0.15, -0.1) is 10.2 Å². The highest BCUT2D eigenvalue weighted by atomic mass is 79.9. The van der Waals surface area contributed by atoms with E-state index in [2.05, 4.69) is 55.5 Å². The molecule has 2 aromatic heterocycles. The number of nitrogens with zero attached hydrogens (tertiary/aromatic N) is 4. The second kappa shape index (κ2) is 6.75. The van der Waals surface area contributed by atoms with Gasteiger partial charge in [0.1, 0.15) is 5.03 Å². The van der Waals surface area contributed by atoms with Gasteiger partial charge in [-0.1, -0.05) is 70.2 Å². The third-order valence-electron chi connectivity index (χ3n) is 3.57. The van der Waals surface area contributed by atoms with Crippen LogP contribution in [0.3, 0.4) is 0 Å². The van der Waals surface area contributed by atoms with Crippen molar-refractivity contribution in [1.29, 1.82) is 0 Å². The van der Waals surface area contributed by atoms with Crippen LogP contribution in [-0.4, -0.2) is 19.8 Å². The van der Waals surface area contributed by atoms with Crippen LogP contribution < -0.4 is 0 Å². The Balaban J connectivity index is 1.61. The first kappa shape index (κ1) is 15.4. The van der Waals surface area contributed by atoms with E-state index in [1.807, 2.05) is 42.5 Å². The molecule has 0 aliphatic carbocycles. The van der Waals surface area contributed by atoms with Gasteiger partial charge in [0.2, 0.25) is 0 Å². The molecule has 0 fully saturated rings. The van der Waals surface area contributed by atoms with E-state index in [0.29, 0.717) is 0 Å². The Morgan fingerprint density at radius 1 is 0.875 bits per heavy atom. The molecule has 2 aromatic carbocycles. The molecule has 6 heteroatoms.